The highest BCUT2D eigenvalue weighted by Crippen LogP contribution is 2.13. The predicted octanol–water partition coefficient (Wildman–Crippen LogP) is 2.05. The Balaban J connectivity index is 1.96. The van der Waals surface area contributed by atoms with Gasteiger partial charge in [-0.05, 0) is 37.1 Å². The molecule has 32 heavy (non-hydrogen) atoms. The highest BCUT2D eigenvalue weighted by Gasteiger charge is 2.19. The van der Waals surface area contributed by atoms with Crippen molar-refractivity contribution in [2.75, 3.05) is 13.2 Å². The zero-order valence-corrected chi connectivity index (χ0v) is 18.8. The number of benzene rings is 1. The maximum absolute atomic E-state index is 12.5. The van der Waals surface area contributed by atoms with E-state index in [1.165, 1.54) is 24.3 Å². The van der Waals surface area contributed by atoms with Crippen LogP contribution in [-0.4, -0.2) is 44.5 Å². The number of amides is 2. The number of pyridine rings is 1. The monoisotopic (exact) mass is 463 g/mol. The number of rotatable bonds is 9. The van der Waals surface area contributed by atoms with Gasteiger partial charge in [0.25, 0.3) is 15.9 Å². The van der Waals surface area contributed by atoms with Crippen LogP contribution in [0.2, 0.25) is 0 Å². The Labute approximate surface area is 186 Å². The molecule has 0 saturated heterocycles. The number of sulfonamides is 1. The molecule has 2 N–H and O–H groups in total. The first-order chi connectivity index (χ1) is 15.1. The van der Waals surface area contributed by atoms with Crippen LogP contribution in [0.3, 0.4) is 0 Å². The van der Waals surface area contributed by atoms with E-state index < -0.39 is 22.1 Å². The van der Waals surface area contributed by atoms with E-state index in [2.05, 4.69) is 15.0 Å². The zero-order chi connectivity index (χ0) is 23.7. The number of carbonyl (C=O) groups excluding carboxylic acids is 3. The van der Waals surface area contributed by atoms with Crippen LogP contribution in [0.4, 0.5) is 4.79 Å². The van der Waals surface area contributed by atoms with Gasteiger partial charge in [0.1, 0.15) is 0 Å². The molecule has 0 fully saturated rings. The van der Waals surface area contributed by atoms with E-state index in [-0.39, 0.29) is 34.8 Å². The summed E-state index contributed by atoms with van der Waals surface area (Å²) in [7, 11) is -4.11. The fourth-order valence-electron chi connectivity index (χ4n) is 2.42. The minimum atomic E-state index is -4.11. The van der Waals surface area contributed by atoms with E-state index in [9.17, 15) is 22.8 Å². The van der Waals surface area contributed by atoms with Gasteiger partial charge in [-0.25, -0.2) is 22.9 Å². The normalized spacial score (nSPS) is 11.0. The minimum absolute atomic E-state index is 0.0395. The Morgan fingerprint density at radius 3 is 2.31 bits per heavy atom. The van der Waals surface area contributed by atoms with Crippen LogP contribution in [0.15, 0.2) is 47.5 Å². The Hall–Kier alpha value is -3.47. The molecule has 0 atom stereocenters. The zero-order valence-electron chi connectivity index (χ0n) is 18.0. The molecule has 172 valence electrons. The van der Waals surface area contributed by atoms with Crippen LogP contribution >= 0.6 is 0 Å². The average molecular weight is 464 g/mol. The maximum atomic E-state index is 12.5. The third-order valence-corrected chi connectivity index (χ3v) is 5.49. The van der Waals surface area contributed by atoms with Gasteiger partial charge in [-0.1, -0.05) is 26.0 Å². The summed E-state index contributed by atoms with van der Waals surface area (Å²) in [6.45, 7) is 5.77. The van der Waals surface area contributed by atoms with E-state index in [0.29, 0.717) is 13.0 Å². The number of nitrogens with one attached hydrogen (secondary N) is 2. The smallest absolute Gasteiger partial charge is 0.434 e. The van der Waals surface area contributed by atoms with Gasteiger partial charge in [0.05, 0.1) is 17.1 Å². The molecule has 11 heteroatoms. The summed E-state index contributed by atoms with van der Waals surface area (Å²) in [6.07, 6.45) is 0.677. The molecule has 0 saturated carbocycles. The number of aromatic nitrogens is 1. The molecule has 10 nitrogen and oxygen atoms in total. The number of ether oxygens (including phenoxy) is 2. The summed E-state index contributed by atoms with van der Waals surface area (Å²) in [5, 5.41) is 2.79. The fraction of sp³-hybridized carbons (Fsp3) is 0.333. The number of hydrogen-bond donors (Lipinski definition) is 2. The van der Waals surface area contributed by atoms with Crippen molar-refractivity contribution in [3.8, 4) is 5.88 Å². The molecule has 0 bridgehead atoms. The van der Waals surface area contributed by atoms with Gasteiger partial charge in [0.2, 0.25) is 11.8 Å². The Kier molecular flexibility index (Phi) is 8.71. The van der Waals surface area contributed by atoms with Gasteiger partial charge in [0, 0.05) is 24.7 Å². The summed E-state index contributed by atoms with van der Waals surface area (Å²) < 4.78 is 36.3. The number of carbonyl (C=O) groups is 3. The van der Waals surface area contributed by atoms with E-state index >= 15 is 0 Å². The van der Waals surface area contributed by atoms with Gasteiger partial charge >= 0.3 is 6.16 Å². The lowest BCUT2D eigenvalue weighted by atomic mass is 10.1. The quantitative estimate of drug-likeness (QED) is 0.538. The molecule has 0 aliphatic heterocycles. The Morgan fingerprint density at radius 2 is 1.75 bits per heavy atom. The molecule has 1 heterocycles. The van der Waals surface area contributed by atoms with Gasteiger partial charge in [-0.2, -0.15) is 0 Å². The van der Waals surface area contributed by atoms with Crippen molar-refractivity contribution in [3.63, 3.8) is 0 Å². The van der Waals surface area contributed by atoms with Crippen molar-refractivity contribution in [2.24, 2.45) is 5.92 Å². The van der Waals surface area contributed by atoms with Gasteiger partial charge in [-0.15, -0.1) is 0 Å². The van der Waals surface area contributed by atoms with Crippen LogP contribution in [0, 0.1) is 5.92 Å². The molecular weight excluding hydrogens is 438 g/mol. The molecule has 0 spiro atoms. The maximum Gasteiger partial charge on any atom is 0.515 e. The SMILES string of the molecule is CCOC(=O)Oc1ccc(C(=O)NS(=O)(=O)c2ccc(CCNC(=O)C(C)C)cc2)cn1. The van der Waals surface area contributed by atoms with Crippen LogP contribution < -0.4 is 14.8 Å². The van der Waals surface area contributed by atoms with Gasteiger partial charge in [-0.3, -0.25) is 9.59 Å². The van der Waals surface area contributed by atoms with Crippen molar-refractivity contribution in [2.45, 2.75) is 32.1 Å². The molecule has 2 rings (SSSR count). The van der Waals surface area contributed by atoms with Crippen molar-refractivity contribution in [1.82, 2.24) is 15.0 Å². The largest absolute Gasteiger partial charge is 0.515 e. The molecule has 0 aliphatic rings. The van der Waals surface area contributed by atoms with Gasteiger partial charge < -0.3 is 14.8 Å². The van der Waals surface area contributed by atoms with E-state index in [4.69, 9.17) is 4.74 Å². The summed E-state index contributed by atoms with van der Waals surface area (Å²) in [6, 6.07) is 8.49. The van der Waals surface area contributed by atoms with Crippen molar-refractivity contribution >= 4 is 28.0 Å². The Bertz CT molecular complexity index is 1050. The predicted molar refractivity (Wildman–Crippen MR) is 115 cm³/mol. The van der Waals surface area contributed by atoms with E-state index in [1.807, 2.05) is 4.72 Å². The second-order valence-electron chi connectivity index (χ2n) is 6.94. The molecule has 0 unspecified atom stereocenters. The first kappa shape index (κ1) is 24.8. The summed E-state index contributed by atoms with van der Waals surface area (Å²) in [5.74, 6) is -1.15. The second kappa shape index (κ2) is 11.2. The third kappa shape index (κ3) is 7.34. The highest BCUT2D eigenvalue weighted by atomic mass is 32.2. The van der Waals surface area contributed by atoms with Crippen LogP contribution in [0.25, 0.3) is 0 Å². The first-order valence-corrected chi connectivity index (χ1v) is 11.3. The van der Waals surface area contributed by atoms with Crippen molar-refractivity contribution in [1.29, 1.82) is 0 Å². The standard InChI is InChI=1S/C21H25N3O7S/c1-4-30-21(27)31-18-10-7-16(13-23-18)20(26)24-32(28,29)17-8-5-15(6-9-17)11-12-22-19(25)14(2)3/h5-10,13-14H,4,11-12H2,1-3H3,(H,22,25)(H,24,26). The molecular formula is C21H25N3O7S. The summed E-state index contributed by atoms with van der Waals surface area (Å²) in [4.78, 5) is 38.8. The van der Waals surface area contributed by atoms with Gasteiger partial charge in [0.15, 0.2) is 0 Å². The van der Waals surface area contributed by atoms with Crippen molar-refractivity contribution in [3.05, 3.63) is 53.7 Å². The second-order valence-corrected chi connectivity index (χ2v) is 8.63. The first-order valence-electron chi connectivity index (χ1n) is 9.87. The lowest BCUT2D eigenvalue weighted by Crippen LogP contribution is -2.30. The fourth-order valence-corrected chi connectivity index (χ4v) is 3.39. The molecule has 0 aliphatic carbocycles. The Morgan fingerprint density at radius 1 is 1.06 bits per heavy atom. The number of nitrogens with zero attached hydrogens (tertiary/aromatic N) is 1. The van der Waals surface area contributed by atoms with Crippen molar-refractivity contribution < 1.29 is 32.3 Å². The van der Waals surface area contributed by atoms with E-state index in [1.54, 1.807) is 32.9 Å². The summed E-state index contributed by atoms with van der Waals surface area (Å²) in [5.41, 5.74) is 0.794. The highest BCUT2D eigenvalue weighted by molar-refractivity contribution is 7.90. The lowest BCUT2D eigenvalue weighted by Gasteiger charge is -2.09. The molecule has 0 radical (unpaired) electrons. The summed E-state index contributed by atoms with van der Waals surface area (Å²) >= 11 is 0. The molecule has 1 aromatic carbocycles. The minimum Gasteiger partial charge on any atom is -0.434 e. The van der Waals surface area contributed by atoms with Crippen LogP contribution in [-0.2, 0) is 26.0 Å². The number of hydrogen-bond acceptors (Lipinski definition) is 8. The topological polar surface area (TPSA) is 141 Å². The third-order valence-electron chi connectivity index (χ3n) is 4.15. The molecule has 2 amide bonds. The van der Waals surface area contributed by atoms with Crippen LogP contribution in [0.1, 0.15) is 36.7 Å². The van der Waals surface area contributed by atoms with Crippen LogP contribution in [0.5, 0.6) is 5.88 Å². The van der Waals surface area contributed by atoms with E-state index in [0.717, 1.165) is 11.8 Å². The molecule has 1 aromatic heterocycles. The molecule has 2 aromatic rings. The lowest BCUT2D eigenvalue weighted by molar-refractivity contribution is -0.123. The average Bonchev–Trinajstić information content (AvgIpc) is 2.74.